The van der Waals surface area contributed by atoms with Gasteiger partial charge in [0.25, 0.3) is 5.91 Å². The van der Waals surface area contributed by atoms with E-state index in [0.29, 0.717) is 5.69 Å². The van der Waals surface area contributed by atoms with Crippen LogP contribution in [0.4, 0.5) is 10.1 Å². The van der Waals surface area contributed by atoms with Crippen molar-refractivity contribution < 1.29 is 14.0 Å². The smallest absolute Gasteiger partial charge is 0.258 e. The van der Waals surface area contributed by atoms with Gasteiger partial charge in [-0.25, -0.2) is 4.39 Å². The molecule has 0 saturated heterocycles. The number of nitrogens with one attached hydrogen (secondary N) is 1. The second-order valence-corrected chi connectivity index (χ2v) is 4.37. The summed E-state index contributed by atoms with van der Waals surface area (Å²) < 4.78 is 13.5. The molecule has 0 bridgehead atoms. The SMILES string of the molecule is CON=C(C)c1ccc(NC(=O)c2ccccc2F)cc1. The Balaban J connectivity index is 2.12. The van der Waals surface area contributed by atoms with Crippen LogP contribution < -0.4 is 5.32 Å². The minimum absolute atomic E-state index is 0.0127. The second-order valence-electron chi connectivity index (χ2n) is 4.37. The third kappa shape index (κ3) is 3.66. The molecule has 0 unspecified atom stereocenters. The summed E-state index contributed by atoms with van der Waals surface area (Å²) in [5.41, 5.74) is 2.20. The highest BCUT2D eigenvalue weighted by molar-refractivity contribution is 6.05. The number of hydrogen-bond donors (Lipinski definition) is 1. The number of benzene rings is 2. The Bertz CT molecular complexity index is 666. The molecule has 0 heterocycles. The molecule has 0 aliphatic heterocycles. The zero-order chi connectivity index (χ0) is 15.2. The molecule has 1 N–H and O–H groups in total. The van der Waals surface area contributed by atoms with E-state index >= 15 is 0 Å². The van der Waals surface area contributed by atoms with Gasteiger partial charge in [0.2, 0.25) is 0 Å². The molecule has 0 fully saturated rings. The van der Waals surface area contributed by atoms with Crippen LogP contribution in [0.5, 0.6) is 0 Å². The maximum atomic E-state index is 13.5. The van der Waals surface area contributed by atoms with E-state index < -0.39 is 11.7 Å². The standard InChI is InChI=1S/C16H15FN2O2/c1-11(19-21-2)12-7-9-13(10-8-12)18-16(20)14-5-3-4-6-15(14)17/h3-10H,1-2H3,(H,18,20). The van der Waals surface area contributed by atoms with Crippen molar-refractivity contribution in [3.63, 3.8) is 0 Å². The van der Waals surface area contributed by atoms with Crippen molar-refractivity contribution in [1.29, 1.82) is 0 Å². The lowest BCUT2D eigenvalue weighted by Crippen LogP contribution is -2.13. The molecule has 2 rings (SSSR count). The lowest BCUT2D eigenvalue weighted by molar-refractivity contribution is 0.102. The molecule has 0 aromatic heterocycles. The van der Waals surface area contributed by atoms with Crippen molar-refractivity contribution in [1.82, 2.24) is 0 Å². The summed E-state index contributed by atoms with van der Waals surface area (Å²) >= 11 is 0. The highest BCUT2D eigenvalue weighted by Crippen LogP contribution is 2.13. The van der Waals surface area contributed by atoms with Gasteiger partial charge in [-0.1, -0.05) is 29.4 Å². The summed E-state index contributed by atoms with van der Waals surface area (Å²) in [6.07, 6.45) is 0. The summed E-state index contributed by atoms with van der Waals surface area (Å²) in [6.45, 7) is 1.82. The quantitative estimate of drug-likeness (QED) is 0.691. The van der Waals surface area contributed by atoms with Crippen molar-refractivity contribution in [2.45, 2.75) is 6.92 Å². The Kier molecular flexibility index (Phi) is 4.66. The van der Waals surface area contributed by atoms with Gasteiger partial charge >= 0.3 is 0 Å². The molecule has 21 heavy (non-hydrogen) atoms. The van der Waals surface area contributed by atoms with Gasteiger partial charge in [0, 0.05) is 5.69 Å². The van der Waals surface area contributed by atoms with Gasteiger partial charge in [0.1, 0.15) is 12.9 Å². The van der Waals surface area contributed by atoms with Gasteiger partial charge in [-0.2, -0.15) is 0 Å². The summed E-state index contributed by atoms with van der Waals surface area (Å²) in [5, 5.41) is 6.47. The predicted octanol–water partition coefficient (Wildman–Crippen LogP) is 3.45. The predicted molar refractivity (Wildman–Crippen MR) is 80.0 cm³/mol. The van der Waals surface area contributed by atoms with Crippen molar-refractivity contribution in [2.75, 3.05) is 12.4 Å². The van der Waals surface area contributed by atoms with Crippen LogP contribution >= 0.6 is 0 Å². The highest BCUT2D eigenvalue weighted by atomic mass is 19.1. The van der Waals surface area contributed by atoms with Crippen LogP contribution in [0.15, 0.2) is 53.7 Å². The minimum atomic E-state index is -0.547. The van der Waals surface area contributed by atoms with E-state index in [-0.39, 0.29) is 5.56 Å². The topological polar surface area (TPSA) is 50.7 Å². The van der Waals surface area contributed by atoms with Gasteiger partial charge in [-0.05, 0) is 36.8 Å². The number of amides is 1. The van der Waals surface area contributed by atoms with E-state index in [1.54, 1.807) is 36.4 Å². The average Bonchev–Trinajstić information content (AvgIpc) is 2.48. The maximum Gasteiger partial charge on any atom is 0.258 e. The van der Waals surface area contributed by atoms with Crippen molar-refractivity contribution in [3.05, 3.63) is 65.5 Å². The normalized spacial score (nSPS) is 11.1. The fourth-order valence-corrected chi connectivity index (χ4v) is 1.83. The molecular weight excluding hydrogens is 271 g/mol. The second kappa shape index (κ2) is 6.65. The highest BCUT2D eigenvalue weighted by Gasteiger charge is 2.10. The minimum Gasteiger partial charge on any atom is -0.399 e. The van der Waals surface area contributed by atoms with Crippen LogP contribution in [0.3, 0.4) is 0 Å². The summed E-state index contributed by atoms with van der Waals surface area (Å²) in [5.74, 6) is -1.03. The lowest BCUT2D eigenvalue weighted by atomic mass is 10.1. The molecule has 2 aromatic rings. The first-order valence-corrected chi connectivity index (χ1v) is 6.36. The van der Waals surface area contributed by atoms with Crippen LogP contribution in [0.25, 0.3) is 0 Å². The number of halogens is 1. The molecule has 2 aromatic carbocycles. The van der Waals surface area contributed by atoms with Gasteiger partial charge in [-0.3, -0.25) is 4.79 Å². The number of oxime groups is 1. The van der Waals surface area contributed by atoms with E-state index in [9.17, 15) is 9.18 Å². The fraction of sp³-hybridized carbons (Fsp3) is 0.125. The summed E-state index contributed by atoms with van der Waals surface area (Å²) in [6, 6.07) is 12.9. The van der Waals surface area contributed by atoms with Crippen molar-refractivity contribution >= 4 is 17.3 Å². The number of anilines is 1. The summed E-state index contributed by atoms with van der Waals surface area (Å²) in [7, 11) is 1.48. The van der Waals surface area contributed by atoms with Gasteiger partial charge in [0.05, 0.1) is 11.3 Å². The number of hydrogen-bond acceptors (Lipinski definition) is 3. The molecule has 0 saturated carbocycles. The molecule has 0 spiro atoms. The lowest BCUT2D eigenvalue weighted by Gasteiger charge is -2.07. The van der Waals surface area contributed by atoms with Crippen LogP contribution in [0.2, 0.25) is 0 Å². The van der Waals surface area contributed by atoms with Gasteiger partial charge in [-0.15, -0.1) is 0 Å². The molecular formula is C16H15FN2O2. The van der Waals surface area contributed by atoms with Crippen molar-refractivity contribution in [3.8, 4) is 0 Å². The Morgan fingerprint density at radius 3 is 2.43 bits per heavy atom. The third-order valence-electron chi connectivity index (χ3n) is 2.91. The maximum absolute atomic E-state index is 13.5. The van der Waals surface area contributed by atoms with E-state index in [4.69, 9.17) is 4.84 Å². The number of nitrogens with zero attached hydrogens (tertiary/aromatic N) is 1. The number of carbonyl (C=O) groups excluding carboxylic acids is 1. The summed E-state index contributed by atoms with van der Waals surface area (Å²) in [4.78, 5) is 16.7. The fourth-order valence-electron chi connectivity index (χ4n) is 1.83. The monoisotopic (exact) mass is 286 g/mol. The molecule has 0 atom stereocenters. The molecule has 0 aliphatic rings. The van der Waals surface area contributed by atoms with Gasteiger partial charge < -0.3 is 10.2 Å². The van der Waals surface area contributed by atoms with Gasteiger partial charge in [0.15, 0.2) is 0 Å². The Hall–Kier alpha value is -2.69. The van der Waals surface area contributed by atoms with Crippen LogP contribution in [-0.2, 0) is 4.84 Å². The van der Waals surface area contributed by atoms with E-state index in [1.165, 1.54) is 19.2 Å². The molecule has 4 nitrogen and oxygen atoms in total. The Labute approximate surface area is 122 Å². The first kappa shape index (κ1) is 14.7. The first-order valence-electron chi connectivity index (χ1n) is 6.36. The van der Waals surface area contributed by atoms with Crippen molar-refractivity contribution in [2.24, 2.45) is 5.16 Å². The third-order valence-corrected chi connectivity index (χ3v) is 2.91. The molecule has 0 radical (unpaired) electrons. The van der Waals surface area contributed by atoms with E-state index in [2.05, 4.69) is 10.5 Å². The van der Waals surface area contributed by atoms with E-state index in [1.807, 2.05) is 6.92 Å². The zero-order valence-electron chi connectivity index (χ0n) is 11.8. The van der Waals surface area contributed by atoms with E-state index in [0.717, 1.165) is 11.3 Å². The Morgan fingerprint density at radius 2 is 1.81 bits per heavy atom. The van der Waals surface area contributed by atoms with Crippen LogP contribution in [-0.4, -0.2) is 18.7 Å². The first-order chi connectivity index (χ1) is 10.1. The number of carbonyl (C=O) groups is 1. The largest absolute Gasteiger partial charge is 0.399 e. The zero-order valence-corrected chi connectivity index (χ0v) is 11.8. The average molecular weight is 286 g/mol. The molecule has 108 valence electrons. The molecule has 0 aliphatic carbocycles. The van der Waals surface area contributed by atoms with Crippen LogP contribution in [0.1, 0.15) is 22.8 Å². The number of rotatable bonds is 4. The Morgan fingerprint density at radius 1 is 1.14 bits per heavy atom. The van der Waals surface area contributed by atoms with Crippen LogP contribution in [0, 0.1) is 5.82 Å². The molecule has 1 amide bonds. The molecule has 5 heteroatoms.